The second kappa shape index (κ2) is 0.625. The van der Waals surface area contributed by atoms with Crippen molar-refractivity contribution in [3.63, 3.8) is 0 Å². The quantitative estimate of drug-likeness (QED) is 0.412. The molecular formula is C5H7N. The van der Waals surface area contributed by atoms with Crippen LogP contribution in [0.4, 0.5) is 0 Å². The zero-order valence-electron chi connectivity index (χ0n) is 3.59. The number of hydrogen-bond donors (Lipinski definition) is 0. The van der Waals surface area contributed by atoms with E-state index in [1.807, 2.05) is 0 Å². The molecule has 6 heavy (non-hydrogen) atoms. The molecule has 0 spiro atoms. The molecule has 1 nitrogen and oxygen atoms in total. The van der Waals surface area contributed by atoms with Crippen LogP contribution in [0.25, 0.3) is 0 Å². The third-order valence-electron chi connectivity index (χ3n) is 1.61. The van der Waals surface area contributed by atoms with Crippen molar-refractivity contribution >= 4 is 0 Å². The van der Waals surface area contributed by atoms with Crippen molar-refractivity contribution in [3.8, 4) is 0 Å². The Morgan fingerprint density at radius 2 is 2.50 bits per heavy atom. The van der Waals surface area contributed by atoms with Crippen molar-refractivity contribution in [2.75, 3.05) is 6.54 Å². The third-order valence-corrected chi connectivity index (χ3v) is 1.61. The maximum atomic E-state index is 2.35. The molecule has 2 aliphatic rings. The molecule has 2 heterocycles. The first-order chi connectivity index (χ1) is 2.97. The Morgan fingerprint density at radius 3 is 2.50 bits per heavy atom. The standard InChI is InChI=1S/C5H7N/c1-3-6-4-2-5(1)6/h1,3,5H,2,4H2. The Morgan fingerprint density at radius 1 is 1.67 bits per heavy atom. The van der Waals surface area contributed by atoms with Gasteiger partial charge >= 0.3 is 0 Å². The van der Waals surface area contributed by atoms with Crippen molar-refractivity contribution in [2.45, 2.75) is 12.5 Å². The van der Waals surface area contributed by atoms with Crippen LogP contribution in [0, 0.1) is 0 Å². The molecule has 0 bridgehead atoms. The van der Waals surface area contributed by atoms with Crippen LogP contribution in [0.3, 0.4) is 0 Å². The smallest absolute Gasteiger partial charge is 0.0501 e. The number of fused-ring (bicyclic) bond motifs is 1. The highest BCUT2D eigenvalue weighted by Gasteiger charge is 2.27. The molecule has 1 atom stereocenters. The van der Waals surface area contributed by atoms with Gasteiger partial charge in [0.15, 0.2) is 0 Å². The summed E-state index contributed by atoms with van der Waals surface area (Å²) in [6.45, 7) is 1.31. The van der Waals surface area contributed by atoms with Gasteiger partial charge in [-0.1, -0.05) is 0 Å². The van der Waals surface area contributed by atoms with Gasteiger partial charge in [-0.3, -0.25) is 0 Å². The molecule has 0 aromatic carbocycles. The van der Waals surface area contributed by atoms with E-state index in [4.69, 9.17) is 0 Å². The summed E-state index contributed by atoms with van der Waals surface area (Å²) in [6.07, 6.45) is 5.81. The molecule has 0 saturated carbocycles. The van der Waals surface area contributed by atoms with Crippen LogP contribution in [0.2, 0.25) is 0 Å². The highest BCUT2D eigenvalue weighted by Crippen LogP contribution is 2.25. The summed E-state index contributed by atoms with van der Waals surface area (Å²) in [6, 6.07) is 0.866. The second-order valence-electron chi connectivity index (χ2n) is 1.94. The lowest BCUT2D eigenvalue weighted by Gasteiger charge is -2.45. The lowest BCUT2D eigenvalue weighted by Crippen LogP contribution is -2.48. The molecular weight excluding hydrogens is 74.1 g/mol. The molecule has 0 aliphatic carbocycles. The fourth-order valence-electron chi connectivity index (χ4n) is 0.928. The Bertz CT molecular complexity index is 84.1. The van der Waals surface area contributed by atoms with Crippen LogP contribution in [-0.4, -0.2) is 17.5 Å². The maximum Gasteiger partial charge on any atom is 0.0501 e. The molecule has 0 N–H and O–H groups in total. The van der Waals surface area contributed by atoms with E-state index in [1.54, 1.807) is 0 Å². The van der Waals surface area contributed by atoms with Crippen LogP contribution < -0.4 is 0 Å². The first kappa shape index (κ1) is 2.67. The molecule has 0 aromatic rings. The van der Waals surface area contributed by atoms with E-state index in [1.165, 1.54) is 13.0 Å². The van der Waals surface area contributed by atoms with Gasteiger partial charge in [-0.2, -0.15) is 0 Å². The SMILES string of the molecule is C1=CN2CCC12. The zero-order valence-corrected chi connectivity index (χ0v) is 3.59. The summed E-state index contributed by atoms with van der Waals surface area (Å²) in [7, 11) is 0. The summed E-state index contributed by atoms with van der Waals surface area (Å²) in [4.78, 5) is 2.35. The van der Waals surface area contributed by atoms with E-state index in [0.717, 1.165) is 6.04 Å². The van der Waals surface area contributed by atoms with Gasteiger partial charge in [-0.25, -0.2) is 0 Å². The predicted molar refractivity (Wildman–Crippen MR) is 24.3 cm³/mol. The Hall–Kier alpha value is -0.460. The van der Waals surface area contributed by atoms with Crippen LogP contribution in [0.1, 0.15) is 6.42 Å². The van der Waals surface area contributed by atoms with Gasteiger partial charge in [0.2, 0.25) is 0 Å². The molecule has 0 radical (unpaired) electrons. The summed E-state index contributed by atoms with van der Waals surface area (Å²) < 4.78 is 0. The van der Waals surface area contributed by atoms with Crippen molar-refractivity contribution in [2.24, 2.45) is 0 Å². The molecule has 0 amide bonds. The van der Waals surface area contributed by atoms with E-state index < -0.39 is 0 Å². The van der Waals surface area contributed by atoms with E-state index in [-0.39, 0.29) is 0 Å². The minimum atomic E-state index is 0.866. The Balaban J connectivity index is 2.24. The lowest BCUT2D eigenvalue weighted by molar-refractivity contribution is 0.158. The minimum Gasteiger partial charge on any atom is -0.371 e. The zero-order chi connectivity index (χ0) is 3.98. The molecule has 1 fully saturated rings. The summed E-state index contributed by atoms with van der Waals surface area (Å²) in [5.41, 5.74) is 0. The second-order valence-corrected chi connectivity index (χ2v) is 1.94. The first-order valence-electron chi connectivity index (χ1n) is 2.41. The van der Waals surface area contributed by atoms with Gasteiger partial charge in [-0.15, -0.1) is 0 Å². The van der Waals surface area contributed by atoms with Crippen molar-refractivity contribution in [1.82, 2.24) is 4.90 Å². The largest absolute Gasteiger partial charge is 0.371 e. The number of hydrogen-bond acceptors (Lipinski definition) is 1. The maximum absolute atomic E-state index is 2.35. The highest BCUT2D eigenvalue weighted by molar-refractivity contribution is 5.12. The first-order valence-corrected chi connectivity index (χ1v) is 2.41. The average molecular weight is 81.1 g/mol. The number of nitrogens with zero attached hydrogens (tertiary/aromatic N) is 1. The molecule has 2 rings (SSSR count). The van der Waals surface area contributed by atoms with E-state index in [9.17, 15) is 0 Å². The highest BCUT2D eigenvalue weighted by atomic mass is 15.2. The van der Waals surface area contributed by atoms with Crippen molar-refractivity contribution in [3.05, 3.63) is 12.3 Å². The molecule has 1 unspecified atom stereocenters. The molecule has 2 aliphatic heterocycles. The third kappa shape index (κ3) is 0.125. The minimum absolute atomic E-state index is 0.866. The van der Waals surface area contributed by atoms with E-state index >= 15 is 0 Å². The number of rotatable bonds is 0. The van der Waals surface area contributed by atoms with Gasteiger partial charge in [0.05, 0.1) is 6.04 Å². The molecule has 1 saturated heterocycles. The summed E-state index contributed by atoms with van der Waals surface area (Å²) in [5.74, 6) is 0. The Labute approximate surface area is 37.3 Å². The van der Waals surface area contributed by atoms with E-state index in [0.29, 0.717) is 0 Å². The summed E-state index contributed by atoms with van der Waals surface area (Å²) in [5, 5.41) is 0. The van der Waals surface area contributed by atoms with Crippen LogP contribution in [0.5, 0.6) is 0 Å². The van der Waals surface area contributed by atoms with E-state index in [2.05, 4.69) is 17.2 Å². The topological polar surface area (TPSA) is 3.24 Å². The van der Waals surface area contributed by atoms with Crippen molar-refractivity contribution in [1.29, 1.82) is 0 Å². The van der Waals surface area contributed by atoms with Crippen LogP contribution in [-0.2, 0) is 0 Å². The molecule has 1 heteroatoms. The predicted octanol–water partition coefficient (Wildman–Crippen LogP) is 0.588. The molecule has 0 aromatic heterocycles. The Kier molecular flexibility index (Phi) is 0.278. The fourth-order valence-corrected chi connectivity index (χ4v) is 0.928. The fraction of sp³-hybridized carbons (Fsp3) is 0.600. The summed E-state index contributed by atoms with van der Waals surface area (Å²) >= 11 is 0. The molecule has 32 valence electrons. The van der Waals surface area contributed by atoms with Gasteiger partial charge in [0.1, 0.15) is 0 Å². The van der Waals surface area contributed by atoms with Crippen LogP contribution in [0.15, 0.2) is 12.3 Å². The lowest BCUT2D eigenvalue weighted by atomic mass is 9.98. The monoisotopic (exact) mass is 81.1 g/mol. The van der Waals surface area contributed by atoms with Gasteiger partial charge in [0, 0.05) is 6.54 Å². The van der Waals surface area contributed by atoms with Crippen LogP contribution >= 0.6 is 0 Å². The van der Waals surface area contributed by atoms with Gasteiger partial charge < -0.3 is 4.90 Å². The normalized spacial score (nSPS) is 37.3. The van der Waals surface area contributed by atoms with Gasteiger partial charge in [0.25, 0.3) is 0 Å². The van der Waals surface area contributed by atoms with Gasteiger partial charge in [-0.05, 0) is 18.7 Å². The average Bonchev–Trinajstić information content (AvgIpc) is 1.54. The van der Waals surface area contributed by atoms with Crippen molar-refractivity contribution < 1.29 is 0 Å².